The Morgan fingerprint density at radius 1 is 1.48 bits per heavy atom. The van der Waals surface area contributed by atoms with E-state index >= 15 is 0 Å². The summed E-state index contributed by atoms with van der Waals surface area (Å²) in [5, 5.41) is 11.7. The molecule has 0 aliphatic carbocycles. The zero-order valence-electron chi connectivity index (χ0n) is 15.1. The van der Waals surface area contributed by atoms with E-state index in [1.54, 1.807) is 26.0 Å². The number of rotatable bonds is 6. The number of carbonyl (C=O) groups excluding carboxylic acids is 2. The zero-order chi connectivity index (χ0) is 20.3. The van der Waals surface area contributed by atoms with E-state index in [2.05, 4.69) is 5.32 Å². The summed E-state index contributed by atoms with van der Waals surface area (Å²) >= 11 is 1.85. The quantitative estimate of drug-likeness (QED) is 0.594. The summed E-state index contributed by atoms with van der Waals surface area (Å²) in [4.78, 5) is 37.8. The van der Waals surface area contributed by atoms with Gasteiger partial charge in [0.25, 0.3) is 0 Å². The minimum absolute atomic E-state index is 0.0323. The van der Waals surface area contributed by atoms with Crippen molar-refractivity contribution in [3.05, 3.63) is 27.6 Å². The smallest absolute Gasteiger partial charge is 0.414 e. The van der Waals surface area contributed by atoms with E-state index in [0.717, 1.165) is 4.90 Å². The fourth-order valence-electron chi connectivity index (χ4n) is 2.86. The molecule has 27 heavy (non-hydrogen) atoms. The lowest BCUT2D eigenvalue weighted by atomic mass is 10.0. The number of amides is 3. The van der Waals surface area contributed by atoms with Crippen molar-refractivity contribution in [2.45, 2.75) is 26.0 Å². The third-order valence-electron chi connectivity index (χ3n) is 4.21. The Morgan fingerprint density at radius 3 is 2.70 bits per heavy atom. The predicted octanol–water partition coefficient (Wildman–Crippen LogP) is 2.51. The highest BCUT2D eigenvalue weighted by Gasteiger charge is 2.35. The Bertz CT molecular complexity index is 745. The van der Waals surface area contributed by atoms with Crippen LogP contribution in [0, 0.1) is 15.3 Å². The zero-order valence-corrected chi connectivity index (χ0v) is 17.3. The SMILES string of the molecule is CC(C)C(C(=O)NCC1CN(c2ccc(I)c(F)c2)C(=O)O1)N(C)C(=O)O. The normalized spacial score (nSPS) is 17.6. The standard InChI is InChI=1S/C17H21FIN3O5/c1-9(2)14(21(3)16(24)25)15(23)20-7-11-8-22(17(26)27-11)10-4-5-13(19)12(18)6-10/h4-6,9,11,14H,7-8H2,1-3H3,(H,20,23)(H,24,25). The first-order chi connectivity index (χ1) is 12.6. The van der Waals surface area contributed by atoms with Crippen LogP contribution in [0.15, 0.2) is 18.2 Å². The highest BCUT2D eigenvalue weighted by molar-refractivity contribution is 14.1. The molecule has 1 aromatic rings. The minimum Gasteiger partial charge on any atom is -0.465 e. The van der Waals surface area contributed by atoms with Crippen LogP contribution in [0.25, 0.3) is 0 Å². The maximum absolute atomic E-state index is 13.7. The molecule has 2 rings (SSSR count). The molecule has 1 aliphatic heterocycles. The molecular formula is C17H21FIN3O5. The van der Waals surface area contributed by atoms with Crippen molar-refractivity contribution < 1.29 is 28.6 Å². The van der Waals surface area contributed by atoms with Gasteiger partial charge in [0.15, 0.2) is 0 Å². The maximum atomic E-state index is 13.7. The van der Waals surface area contributed by atoms with E-state index in [1.165, 1.54) is 18.0 Å². The number of carboxylic acid groups (broad SMARTS) is 1. The number of nitrogens with one attached hydrogen (secondary N) is 1. The lowest BCUT2D eigenvalue weighted by Crippen LogP contribution is -2.51. The number of likely N-dealkylation sites (N-methyl/N-ethyl adjacent to an activating group) is 1. The van der Waals surface area contributed by atoms with Gasteiger partial charge in [0.1, 0.15) is 18.0 Å². The number of halogens is 2. The molecule has 2 atom stereocenters. The number of carbonyl (C=O) groups is 3. The number of hydrogen-bond acceptors (Lipinski definition) is 4. The second-order valence-corrected chi connectivity index (χ2v) is 7.70. The second-order valence-electron chi connectivity index (χ2n) is 6.54. The number of ether oxygens (including phenoxy) is 1. The van der Waals surface area contributed by atoms with Crippen LogP contribution in [0.5, 0.6) is 0 Å². The highest BCUT2D eigenvalue weighted by Crippen LogP contribution is 2.24. The molecule has 10 heteroatoms. The third kappa shape index (κ3) is 4.99. The van der Waals surface area contributed by atoms with Gasteiger partial charge >= 0.3 is 12.2 Å². The fraction of sp³-hybridized carbons (Fsp3) is 0.471. The lowest BCUT2D eigenvalue weighted by molar-refractivity contribution is -0.127. The van der Waals surface area contributed by atoms with Crippen molar-refractivity contribution in [3.8, 4) is 0 Å². The summed E-state index contributed by atoms with van der Waals surface area (Å²) in [7, 11) is 1.33. The third-order valence-corrected chi connectivity index (χ3v) is 5.09. The summed E-state index contributed by atoms with van der Waals surface area (Å²) in [6.07, 6.45) is -2.45. The van der Waals surface area contributed by atoms with Gasteiger partial charge in [0.2, 0.25) is 5.91 Å². The summed E-state index contributed by atoms with van der Waals surface area (Å²) in [6, 6.07) is 3.56. The summed E-state index contributed by atoms with van der Waals surface area (Å²) in [5.74, 6) is -1.14. The molecule has 0 spiro atoms. The van der Waals surface area contributed by atoms with E-state index < -0.39 is 36.1 Å². The largest absolute Gasteiger partial charge is 0.465 e. The first-order valence-electron chi connectivity index (χ1n) is 8.28. The van der Waals surface area contributed by atoms with Crippen molar-refractivity contribution in [3.63, 3.8) is 0 Å². The summed E-state index contributed by atoms with van der Waals surface area (Å²) in [6.45, 7) is 3.67. The van der Waals surface area contributed by atoms with Gasteiger partial charge in [0, 0.05) is 10.6 Å². The van der Waals surface area contributed by atoms with Gasteiger partial charge in [-0.2, -0.15) is 0 Å². The Kier molecular flexibility index (Phi) is 6.84. The monoisotopic (exact) mass is 493 g/mol. The van der Waals surface area contributed by atoms with Gasteiger partial charge in [-0.05, 0) is 46.7 Å². The average molecular weight is 493 g/mol. The number of nitrogens with zero attached hydrogens (tertiary/aromatic N) is 2. The summed E-state index contributed by atoms with van der Waals surface area (Å²) in [5.41, 5.74) is 0.373. The first-order valence-corrected chi connectivity index (χ1v) is 9.36. The molecule has 0 radical (unpaired) electrons. The number of benzene rings is 1. The average Bonchev–Trinajstić information content (AvgIpc) is 2.96. The van der Waals surface area contributed by atoms with Crippen molar-refractivity contribution in [1.29, 1.82) is 0 Å². The highest BCUT2D eigenvalue weighted by atomic mass is 127. The first kappa shape index (κ1) is 21.2. The molecule has 0 bridgehead atoms. The summed E-state index contributed by atoms with van der Waals surface area (Å²) < 4.78 is 19.4. The van der Waals surface area contributed by atoms with Crippen LogP contribution in [0.1, 0.15) is 13.8 Å². The van der Waals surface area contributed by atoms with Gasteiger partial charge < -0.3 is 15.2 Å². The van der Waals surface area contributed by atoms with Crippen LogP contribution in [0.2, 0.25) is 0 Å². The van der Waals surface area contributed by atoms with Gasteiger partial charge in [-0.25, -0.2) is 14.0 Å². The van der Waals surface area contributed by atoms with E-state index in [4.69, 9.17) is 9.84 Å². The van der Waals surface area contributed by atoms with Crippen LogP contribution in [0.4, 0.5) is 19.7 Å². The van der Waals surface area contributed by atoms with Gasteiger partial charge in [-0.1, -0.05) is 13.8 Å². The second kappa shape index (κ2) is 8.72. The molecule has 2 N–H and O–H groups in total. The lowest BCUT2D eigenvalue weighted by Gasteiger charge is -2.28. The van der Waals surface area contributed by atoms with Crippen molar-refractivity contribution in [2.75, 3.05) is 25.0 Å². The Balaban J connectivity index is 1.98. The maximum Gasteiger partial charge on any atom is 0.414 e. The predicted molar refractivity (Wildman–Crippen MR) is 104 cm³/mol. The van der Waals surface area contributed by atoms with Crippen LogP contribution < -0.4 is 10.2 Å². The molecular weight excluding hydrogens is 472 g/mol. The number of hydrogen-bond donors (Lipinski definition) is 2. The molecule has 0 aromatic heterocycles. The van der Waals surface area contributed by atoms with Crippen molar-refractivity contribution in [2.24, 2.45) is 5.92 Å². The molecule has 1 fully saturated rings. The van der Waals surface area contributed by atoms with E-state index in [-0.39, 0.29) is 19.0 Å². The fourth-order valence-corrected chi connectivity index (χ4v) is 3.19. The Hall–Kier alpha value is -2.11. The van der Waals surface area contributed by atoms with Crippen LogP contribution in [-0.2, 0) is 9.53 Å². The van der Waals surface area contributed by atoms with Crippen LogP contribution >= 0.6 is 22.6 Å². The van der Waals surface area contributed by atoms with Crippen molar-refractivity contribution in [1.82, 2.24) is 10.2 Å². The molecule has 148 valence electrons. The van der Waals surface area contributed by atoms with Crippen LogP contribution in [0.3, 0.4) is 0 Å². The van der Waals surface area contributed by atoms with E-state index in [0.29, 0.717) is 9.26 Å². The van der Waals surface area contributed by atoms with E-state index in [9.17, 15) is 18.8 Å². The molecule has 3 amide bonds. The number of anilines is 1. The molecule has 1 aromatic carbocycles. The Morgan fingerprint density at radius 2 is 2.15 bits per heavy atom. The topological polar surface area (TPSA) is 99.2 Å². The minimum atomic E-state index is -1.21. The van der Waals surface area contributed by atoms with Crippen LogP contribution in [-0.4, -0.2) is 60.4 Å². The van der Waals surface area contributed by atoms with Gasteiger partial charge in [-0.3, -0.25) is 14.6 Å². The molecule has 0 saturated carbocycles. The van der Waals surface area contributed by atoms with E-state index in [1.807, 2.05) is 22.6 Å². The van der Waals surface area contributed by atoms with Gasteiger partial charge in [-0.15, -0.1) is 0 Å². The Labute approximate surface area is 169 Å². The molecule has 1 heterocycles. The molecule has 1 saturated heterocycles. The molecule has 8 nitrogen and oxygen atoms in total. The van der Waals surface area contributed by atoms with Gasteiger partial charge in [0.05, 0.1) is 18.8 Å². The molecule has 1 aliphatic rings. The molecule has 2 unspecified atom stereocenters. The number of cyclic esters (lactones) is 1. The van der Waals surface area contributed by atoms with Crippen molar-refractivity contribution >= 4 is 46.4 Å².